The normalized spacial score (nSPS) is 16.8. The first-order valence-electron chi connectivity index (χ1n) is 13.3. The van der Waals surface area contributed by atoms with Crippen molar-refractivity contribution in [3.8, 4) is 5.75 Å². The van der Waals surface area contributed by atoms with Crippen molar-refractivity contribution >= 4 is 17.3 Å². The molecule has 1 atom stereocenters. The minimum Gasteiger partial charge on any atom is -0.497 e. The molecule has 0 fully saturated rings. The highest BCUT2D eigenvalue weighted by Gasteiger charge is 2.45. The molecule has 0 saturated heterocycles. The van der Waals surface area contributed by atoms with Crippen LogP contribution in [0.25, 0.3) is 0 Å². The number of fused-ring (bicyclic) bond motifs is 1. The van der Waals surface area contributed by atoms with Gasteiger partial charge < -0.3 is 19.6 Å². The monoisotopic (exact) mass is 500 g/mol. The minimum atomic E-state index is -0.808. The fourth-order valence-corrected chi connectivity index (χ4v) is 5.50. The molecule has 3 aromatic rings. The fraction of sp³-hybridized carbons (Fsp3) is 0.406. The predicted octanol–water partition coefficient (Wildman–Crippen LogP) is 6.07. The Balaban J connectivity index is 1.81. The Morgan fingerprint density at radius 2 is 1.68 bits per heavy atom. The summed E-state index contributed by atoms with van der Waals surface area (Å²) in [6.07, 6.45) is 2.91. The average Bonchev–Trinajstić information content (AvgIpc) is 2.91. The largest absolute Gasteiger partial charge is 0.497 e. The van der Waals surface area contributed by atoms with Crippen LogP contribution in [0.5, 0.6) is 5.75 Å². The van der Waals surface area contributed by atoms with Gasteiger partial charge in [-0.25, -0.2) is 0 Å². The number of carbonyl (C=O) groups excluding carboxylic acids is 1. The van der Waals surface area contributed by atoms with E-state index < -0.39 is 5.41 Å². The van der Waals surface area contributed by atoms with E-state index in [-0.39, 0.29) is 12.5 Å². The van der Waals surface area contributed by atoms with Crippen LogP contribution in [0.15, 0.2) is 66.7 Å². The molecule has 1 N–H and O–H groups in total. The van der Waals surface area contributed by atoms with E-state index in [0.29, 0.717) is 25.3 Å². The zero-order chi connectivity index (χ0) is 26.6. The lowest BCUT2D eigenvalue weighted by molar-refractivity contribution is -0.125. The zero-order valence-electron chi connectivity index (χ0n) is 22.8. The van der Waals surface area contributed by atoms with Gasteiger partial charge in [0, 0.05) is 32.1 Å². The molecule has 1 amide bonds. The summed E-state index contributed by atoms with van der Waals surface area (Å²) in [5.41, 5.74) is 5.64. The van der Waals surface area contributed by atoms with E-state index in [1.165, 1.54) is 11.1 Å². The van der Waals surface area contributed by atoms with Crippen molar-refractivity contribution in [2.24, 2.45) is 0 Å². The van der Waals surface area contributed by atoms with Gasteiger partial charge in [0.25, 0.3) is 0 Å². The second-order valence-electron chi connectivity index (χ2n) is 10.6. The van der Waals surface area contributed by atoms with E-state index in [1.54, 1.807) is 7.11 Å². The first-order chi connectivity index (χ1) is 17.8. The van der Waals surface area contributed by atoms with Gasteiger partial charge in [-0.05, 0) is 90.3 Å². The summed E-state index contributed by atoms with van der Waals surface area (Å²) in [7, 11) is 5.70. The van der Waals surface area contributed by atoms with Crippen LogP contribution in [-0.2, 0) is 23.2 Å². The Labute approximate surface area is 221 Å². The van der Waals surface area contributed by atoms with Gasteiger partial charge >= 0.3 is 0 Å². The summed E-state index contributed by atoms with van der Waals surface area (Å²) in [6, 6.07) is 22.8. The third-order valence-corrected chi connectivity index (χ3v) is 7.74. The maximum Gasteiger partial charge on any atom is 0.238 e. The molecule has 0 heterocycles. The van der Waals surface area contributed by atoms with Crippen molar-refractivity contribution in [2.75, 3.05) is 37.6 Å². The number of methoxy groups -OCH3 is 1. The first-order valence-corrected chi connectivity index (χ1v) is 13.3. The van der Waals surface area contributed by atoms with E-state index >= 15 is 0 Å². The molecule has 37 heavy (non-hydrogen) atoms. The highest BCUT2D eigenvalue weighted by Crippen LogP contribution is 2.44. The van der Waals surface area contributed by atoms with Crippen LogP contribution in [0.2, 0.25) is 0 Å². The van der Waals surface area contributed by atoms with Crippen molar-refractivity contribution in [3.63, 3.8) is 0 Å². The number of aliphatic hydroxyl groups is 1. The second-order valence-corrected chi connectivity index (χ2v) is 10.6. The number of hydrogen-bond donors (Lipinski definition) is 1. The van der Waals surface area contributed by atoms with E-state index in [0.717, 1.165) is 41.1 Å². The Kier molecular flexibility index (Phi) is 8.23. The molecule has 1 aliphatic rings. The van der Waals surface area contributed by atoms with Gasteiger partial charge in [-0.1, -0.05) is 44.2 Å². The number of amides is 1. The Morgan fingerprint density at radius 1 is 1.00 bits per heavy atom. The zero-order valence-corrected chi connectivity index (χ0v) is 22.8. The quantitative estimate of drug-likeness (QED) is 0.387. The van der Waals surface area contributed by atoms with Gasteiger partial charge in [-0.2, -0.15) is 0 Å². The lowest BCUT2D eigenvalue weighted by Gasteiger charge is -2.41. The molecule has 0 aromatic heterocycles. The number of ether oxygens (including phenoxy) is 1. The van der Waals surface area contributed by atoms with E-state index in [1.807, 2.05) is 31.1 Å². The summed E-state index contributed by atoms with van der Waals surface area (Å²) in [5, 5.41) is 10.2. The molecule has 4 rings (SSSR count). The van der Waals surface area contributed by atoms with Gasteiger partial charge in [0.15, 0.2) is 0 Å². The topological polar surface area (TPSA) is 53.0 Å². The molecular weight excluding hydrogens is 460 g/mol. The second kappa shape index (κ2) is 11.4. The van der Waals surface area contributed by atoms with E-state index in [2.05, 4.69) is 73.3 Å². The molecule has 1 aliphatic carbocycles. The van der Waals surface area contributed by atoms with Crippen molar-refractivity contribution < 1.29 is 14.6 Å². The third-order valence-electron chi connectivity index (χ3n) is 7.74. The van der Waals surface area contributed by atoms with Crippen molar-refractivity contribution in [2.45, 2.75) is 57.4 Å². The molecular formula is C32H40N2O3. The van der Waals surface area contributed by atoms with Crippen LogP contribution < -0.4 is 14.5 Å². The molecule has 3 aromatic carbocycles. The summed E-state index contributed by atoms with van der Waals surface area (Å²) >= 11 is 0. The maximum atomic E-state index is 14.7. The molecule has 0 radical (unpaired) electrons. The lowest BCUT2D eigenvalue weighted by atomic mass is 9.67. The SMILES string of the molecule is COc1ccc2c(c1)[C@](CCO)(C(=O)N(Cc1ccc(N(C)C)cc1)c1ccc(C(C)C)cc1)CCC2. The average molecular weight is 501 g/mol. The molecule has 0 aliphatic heterocycles. The molecule has 5 heteroatoms. The predicted molar refractivity (Wildman–Crippen MR) is 152 cm³/mol. The number of anilines is 2. The molecule has 196 valence electrons. The minimum absolute atomic E-state index is 0.0322. The summed E-state index contributed by atoms with van der Waals surface area (Å²) < 4.78 is 5.55. The Bertz CT molecular complexity index is 1200. The van der Waals surface area contributed by atoms with Gasteiger partial charge in [-0.15, -0.1) is 0 Å². The standard InChI is InChI=1S/C32H40N2O3/c1-23(2)25-10-15-28(16-11-25)34(22-24-8-13-27(14-9-24)33(3)4)31(36)32(19-20-35)18-6-7-26-12-17-29(37-5)21-30(26)32/h8-17,21,23,35H,6-7,18-20,22H2,1-5H3/t32-/m0/s1. The molecule has 0 saturated carbocycles. The van der Waals surface area contributed by atoms with Gasteiger partial charge in [0.1, 0.15) is 5.75 Å². The van der Waals surface area contributed by atoms with E-state index in [9.17, 15) is 9.90 Å². The summed E-state index contributed by atoms with van der Waals surface area (Å²) in [4.78, 5) is 18.7. The number of hydrogen-bond acceptors (Lipinski definition) is 4. The number of benzene rings is 3. The fourth-order valence-electron chi connectivity index (χ4n) is 5.50. The van der Waals surface area contributed by atoms with Crippen LogP contribution in [0.1, 0.15) is 61.3 Å². The number of rotatable bonds is 9. The Hall–Kier alpha value is -3.31. The molecule has 0 bridgehead atoms. The smallest absolute Gasteiger partial charge is 0.238 e. The number of aliphatic hydroxyl groups excluding tert-OH is 1. The number of aryl methyl sites for hydroxylation is 1. The first kappa shape index (κ1) is 26.7. The molecule has 0 unspecified atom stereocenters. The number of nitrogens with zero attached hydrogens (tertiary/aromatic N) is 2. The van der Waals surface area contributed by atoms with Crippen LogP contribution in [0.4, 0.5) is 11.4 Å². The van der Waals surface area contributed by atoms with Gasteiger partial charge in [-0.3, -0.25) is 4.79 Å². The van der Waals surface area contributed by atoms with Crippen molar-refractivity contribution in [1.82, 2.24) is 0 Å². The summed E-state index contributed by atoms with van der Waals surface area (Å²) in [5.74, 6) is 1.18. The van der Waals surface area contributed by atoms with Crippen molar-refractivity contribution in [1.29, 1.82) is 0 Å². The highest BCUT2D eigenvalue weighted by molar-refractivity contribution is 6.01. The van der Waals surface area contributed by atoms with Crippen LogP contribution >= 0.6 is 0 Å². The van der Waals surface area contributed by atoms with Gasteiger partial charge in [0.05, 0.1) is 19.1 Å². The van der Waals surface area contributed by atoms with Crippen molar-refractivity contribution in [3.05, 3.63) is 89.0 Å². The number of carbonyl (C=O) groups is 1. The van der Waals surface area contributed by atoms with Crippen LogP contribution in [0.3, 0.4) is 0 Å². The van der Waals surface area contributed by atoms with E-state index in [4.69, 9.17) is 4.74 Å². The Morgan fingerprint density at radius 3 is 2.27 bits per heavy atom. The van der Waals surface area contributed by atoms with Crippen LogP contribution in [0, 0.1) is 0 Å². The third kappa shape index (κ3) is 5.52. The van der Waals surface area contributed by atoms with Gasteiger partial charge in [0.2, 0.25) is 5.91 Å². The lowest BCUT2D eigenvalue weighted by Crippen LogP contribution is -2.49. The van der Waals surface area contributed by atoms with Crippen LogP contribution in [-0.4, -0.2) is 38.8 Å². The molecule has 5 nitrogen and oxygen atoms in total. The maximum absolute atomic E-state index is 14.7. The highest BCUT2D eigenvalue weighted by atomic mass is 16.5. The summed E-state index contributed by atoms with van der Waals surface area (Å²) in [6.45, 7) is 4.75. The molecule has 0 spiro atoms.